The van der Waals surface area contributed by atoms with Crippen molar-refractivity contribution in [3.8, 4) is 23.1 Å². The number of aliphatic hydroxyl groups is 2. The van der Waals surface area contributed by atoms with Crippen molar-refractivity contribution in [1.29, 1.82) is 0 Å². The molecule has 0 radical (unpaired) electrons. The van der Waals surface area contributed by atoms with Crippen LogP contribution in [0.2, 0.25) is 0 Å². The molecule has 5 rings (SSSR count). The normalized spacial score (nSPS) is 18.3. The number of aliphatic hydroxyl groups excluding tert-OH is 1. The van der Waals surface area contributed by atoms with Crippen LogP contribution in [0.25, 0.3) is 11.3 Å². The van der Waals surface area contributed by atoms with Crippen LogP contribution in [0, 0.1) is 11.8 Å². The summed E-state index contributed by atoms with van der Waals surface area (Å²) >= 11 is 0. The van der Waals surface area contributed by atoms with Crippen molar-refractivity contribution in [3.63, 3.8) is 0 Å². The van der Waals surface area contributed by atoms with Gasteiger partial charge in [0, 0.05) is 62.6 Å². The summed E-state index contributed by atoms with van der Waals surface area (Å²) < 4.78 is 15.2. The number of nitrogens with zero attached hydrogens (tertiary/aromatic N) is 4. The summed E-state index contributed by atoms with van der Waals surface area (Å²) in [6.45, 7) is 13.0. The lowest BCUT2D eigenvalue weighted by Crippen LogP contribution is -2.48. The Kier molecular flexibility index (Phi) is 9.92. The molecule has 0 unspecified atom stereocenters. The Balaban J connectivity index is 1.51. The lowest BCUT2D eigenvalue weighted by molar-refractivity contribution is 0.0622. The van der Waals surface area contributed by atoms with E-state index in [0.717, 1.165) is 36.3 Å². The van der Waals surface area contributed by atoms with Gasteiger partial charge in [0.25, 0.3) is 5.91 Å². The molecule has 3 heterocycles. The molecule has 3 aromatic rings. The average Bonchev–Trinajstić information content (AvgIpc) is 3.37. The number of pyridine rings is 1. The van der Waals surface area contributed by atoms with E-state index < -0.39 is 21.3 Å². The Labute approximate surface area is 269 Å². The van der Waals surface area contributed by atoms with Gasteiger partial charge in [-0.15, -0.1) is 0 Å². The van der Waals surface area contributed by atoms with Gasteiger partial charge in [-0.2, -0.15) is 0 Å². The molecule has 2 aliphatic rings. The molecule has 0 spiro atoms. The topological polar surface area (TPSA) is 97.2 Å². The highest BCUT2D eigenvalue weighted by atomic mass is 32.2. The zero-order chi connectivity index (χ0) is 32.4. The van der Waals surface area contributed by atoms with E-state index in [1.165, 1.54) is 5.56 Å². The van der Waals surface area contributed by atoms with Crippen molar-refractivity contribution in [2.24, 2.45) is 0 Å². The highest BCUT2D eigenvalue weighted by Gasteiger charge is 2.40. The Morgan fingerprint density at radius 3 is 2.36 bits per heavy atom. The second-order valence-electron chi connectivity index (χ2n) is 13.3. The van der Waals surface area contributed by atoms with Gasteiger partial charge in [0.1, 0.15) is 22.3 Å². The maximum atomic E-state index is 14.0. The molecule has 2 N–H and O–H groups in total. The molecule has 2 aromatic carbocycles. The Morgan fingerprint density at radius 2 is 1.71 bits per heavy atom. The third-order valence-corrected chi connectivity index (χ3v) is 9.92. The molecule has 2 aliphatic heterocycles. The predicted octanol–water partition coefficient (Wildman–Crippen LogP) is 4.53. The van der Waals surface area contributed by atoms with Gasteiger partial charge in [0.15, 0.2) is 0 Å². The van der Waals surface area contributed by atoms with E-state index in [1.54, 1.807) is 13.8 Å². The van der Waals surface area contributed by atoms with Crippen LogP contribution < -0.4 is 0 Å². The van der Waals surface area contributed by atoms with Crippen LogP contribution >= 0.6 is 0 Å². The number of amides is 1. The number of aromatic nitrogens is 1. The van der Waals surface area contributed by atoms with Crippen LogP contribution in [0.15, 0.2) is 60.7 Å². The van der Waals surface area contributed by atoms with Crippen LogP contribution in [-0.2, 0) is 24.1 Å². The van der Waals surface area contributed by atoms with Crippen molar-refractivity contribution < 1.29 is 19.2 Å². The monoisotopic (exact) mass is 628 g/mol. The van der Waals surface area contributed by atoms with Gasteiger partial charge in [-0.05, 0) is 70.4 Å². The van der Waals surface area contributed by atoms with Crippen LogP contribution in [-0.4, -0.2) is 82.6 Å². The van der Waals surface area contributed by atoms with Gasteiger partial charge >= 0.3 is 0 Å². The van der Waals surface area contributed by atoms with Gasteiger partial charge < -0.3 is 15.1 Å². The second kappa shape index (κ2) is 13.5. The number of carbonyl (C=O) groups excluding carboxylic acids is 1. The largest absolute Gasteiger partial charge is 0.396 e. The summed E-state index contributed by atoms with van der Waals surface area (Å²) in [5, 5.41) is 20.2. The first-order valence-corrected chi connectivity index (χ1v) is 16.7. The maximum absolute atomic E-state index is 14.0. The molecule has 2 atom stereocenters. The van der Waals surface area contributed by atoms with Crippen molar-refractivity contribution in [2.75, 3.05) is 32.8 Å². The Bertz CT molecular complexity index is 1610. The first kappa shape index (κ1) is 33.0. The lowest BCUT2D eigenvalue weighted by Gasteiger charge is -2.34. The maximum Gasteiger partial charge on any atom is 0.272 e. The van der Waals surface area contributed by atoms with Crippen LogP contribution in [0.4, 0.5) is 0 Å². The molecular formula is C36H44N4O4S. The molecule has 8 nitrogen and oxygen atoms in total. The van der Waals surface area contributed by atoms with Gasteiger partial charge in [0.05, 0.1) is 16.5 Å². The third-order valence-electron chi connectivity index (χ3n) is 8.07. The Hall–Kier alpha value is -3.39. The predicted molar refractivity (Wildman–Crippen MR) is 178 cm³/mol. The summed E-state index contributed by atoms with van der Waals surface area (Å²) in [6, 6.07) is 19.5. The van der Waals surface area contributed by atoms with E-state index in [4.69, 9.17) is 4.98 Å². The minimum Gasteiger partial charge on any atom is -0.396 e. The number of hydrogen-bond acceptors (Lipinski definition) is 6. The molecule has 1 aromatic heterocycles. The van der Waals surface area contributed by atoms with Crippen LogP contribution in [0.5, 0.6) is 0 Å². The highest BCUT2D eigenvalue weighted by molar-refractivity contribution is 7.84. The quantitative estimate of drug-likeness (QED) is 0.374. The first-order chi connectivity index (χ1) is 21.3. The summed E-state index contributed by atoms with van der Waals surface area (Å²) in [6.07, 6.45) is 0.387. The zero-order valence-corrected chi connectivity index (χ0v) is 27.7. The van der Waals surface area contributed by atoms with Crippen LogP contribution in [0.1, 0.15) is 79.8 Å². The van der Waals surface area contributed by atoms with Gasteiger partial charge in [-0.3, -0.25) is 9.69 Å². The number of fused-ring (bicyclic) bond motifs is 1. The number of hydrogen-bond donors (Lipinski definition) is 2. The summed E-state index contributed by atoms with van der Waals surface area (Å²) in [4.78, 5) is 23.2. The van der Waals surface area contributed by atoms with Gasteiger partial charge in [-0.25, -0.2) is 13.5 Å². The minimum atomic E-state index is -1.35. The molecule has 0 bridgehead atoms. The van der Waals surface area contributed by atoms with Crippen molar-refractivity contribution in [2.45, 2.75) is 70.5 Å². The summed E-state index contributed by atoms with van der Waals surface area (Å²) in [5.41, 5.74) is 4.39. The van der Waals surface area contributed by atoms with Gasteiger partial charge in [-0.1, -0.05) is 54.3 Å². The van der Waals surface area contributed by atoms with E-state index in [0.29, 0.717) is 43.0 Å². The smallest absolute Gasteiger partial charge is 0.272 e. The van der Waals surface area contributed by atoms with E-state index in [2.05, 4.69) is 28.9 Å². The molecular weight excluding hydrogens is 584 g/mol. The molecule has 0 saturated carbocycles. The molecule has 1 saturated heterocycles. The van der Waals surface area contributed by atoms with E-state index in [9.17, 15) is 19.2 Å². The van der Waals surface area contributed by atoms with Crippen LogP contribution in [0.3, 0.4) is 0 Å². The fourth-order valence-electron chi connectivity index (χ4n) is 5.88. The standard InChI is InChI=1S/C36H44N4O4S/c1-35(2,3)45(44)40-25-29-23-30(34(42)39-19-17-38(18-20-39)24-27-10-7-6-8-11-27)37-33(32(29)31(40)15-21-41)28-13-9-12-26(22-28)14-16-36(4,5)43/h6-13,22-23,31,41,43H,15,17-21,24-25H2,1-5H3/t31-,45-/m0/s1. The lowest BCUT2D eigenvalue weighted by atomic mass is 9.95. The molecule has 238 valence electrons. The fraction of sp³-hybridized carbons (Fsp3) is 0.444. The van der Waals surface area contributed by atoms with Crippen molar-refractivity contribution >= 4 is 16.9 Å². The number of piperazine rings is 1. The molecule has 0 aliphatic carbocycles. The highest BCUT2D eigenvalue weighted by Crippen LogP contribution is 2.44. The van der Waals surface area contributed by atoms with E-state index in [-0.39, 0.29) is 18.6 Å². The van der Waals surface area contributed by atoms with E-state index >= 15 is 0 Å². The summed E-state index contributed by atoms with van der Waals surface area (Å²) in [5.74, 6) is 5.80. The van der Waals surface area contributed by atoms with E-state index in [1.807, 2.05) is 78.5 Å². The fourth-order valence-corrected chi connectivity index (χ4v) is 7.28. The number of carbonyl (C=O) groups is 1. The first-order valence-electron chi connectivity index (χ1n) is 15.6. The molecule has 1 amide bonds. The average molecular weight is 629 g/mol. The van der Waals surface area contributed by atoms with Crippen molar-refractivity contribution in [3.05, 3.63) is 88.6 Å². The molecule has 1 fully saturated rings. The SMILES string of the molecule is CC(C)(O)C#Cc1cccc(-c2nc(C(=O)N3CCN(Cc4ccccc4)CC3)cc3c2[C@H](CCO)N([S@@](=O)C(C)(C)C)C3)c1. The van der Waals surface area contributed by atoms with Gasteiger partial charge in [0.2, 0.25) is 0 Å². The second-order valence-corrected chi connectivity index (χ2v) is 15.5. The van der Waals surface area contributed by atoms with Crippen molar-refractivity contribution in [1.82, 2.24) is 19.1 Å². The molecule has 9 heteroatoms. The number of rotatable bonds is 7. The third kappa shape index (κ3) is 7.89. The molecule has 45 heavy (non-hydrogen) atoms. The Morgan fingerprint density at radius 1 is 1.00 bits per heavy atom. The summed E-state index contributed by atoms with van der Waals surface area (Å²) in [7, 11) is -1.35. The number of benzene rings is 2. The minimum absolute atomic E-state index is 0.0770. The zero-order valence-electron chi connectivity index (χ0n) is 26.9.